The van der Waals surface area contributed by atoms with Crippen molar-refractivity contribution in [2.24, 2.45) is 0 Å². The van der Waals surface area contributed by atoms with Crippen molar-refractivity contribution in [2.45, 2.75) is 11.7 Å². The van der Waals surface area contributed by atoms with Crippen molar-refractivity contribution in [3.63, 3.8) is 0 Å². The molecule has 1 fully saturated rings. The molecule has 1 aliphatic rings. The molecule has 1 aliphatic heterocycles. The average Bonchev–Trinajstić information content (AvgIpc) is 2.23. The Hall–Kier alpha value is -0.670. The lowest BCUT2D eigenvalue weighted by Gasteiger charge is -2.22. The lowest BCUT2D eigenvalue weighted by atomic mass is 10.1. The summed E-state index contributed by atoms with van der Waals surface area (Å²) in [7, 11) is 0. The van der Waals surface area contributed by atoms with Gasteiger partial charge in [-0.3, -0.25) is 0 Å². The minimum absolute atomic E-state index is 0.729. The van der Waals surface area contributed by atoms with Crippen LogP contribution in [0.4, 0.5) is 5.69 Å². The Morgan fingerprint density at radius 2 is 2.14 bits per heavy atom. The molecule has 1 atom stereocenters. The summed E-state index contributed by atoms with van der Waals surface area (Å²) in [4.78, 5) is 0. The van der Waals surface area contributed by atoms with Gasteiger partial charge in [-0.25, -0.2) is 0 Å². The molecule has 0 saturated carbocycles. The number of benzene rings is 1. The van der Waals surface area contributed by atoms with Crippen LogP contribution in [0.2, 0.25) is 0 Å². The van der Waals surface area contributed by atoms with Gasteiger partial charge in [0.05, 0.1) is 0 Å². The number of nitrogens with one attached hydrogen (secondary N) is 1. The Morgan fingerprint density at radius 1 is 1.36 bits per heavy atom. The monoisotopic (exact) mass is 208 g/mol. The molecule has 0 aromatic heterocycles. The summed E-state index contributed by atoms with van der Waals surface area (Å²) in [5, 5.41) is 4.15. The number of nitrogens with two attached hydrogens (primary N) is 1. The van der Waals surface area contributed by atoms with Gasteiger partial charge in [-0.15, -0.1) is 0 Å². The molecule has 1 saturated heterocycles. The summed E-state index contributed by atoms with van der Waals surface area (Å²) in [6.07, 6.45) is 1.15. The smallest absolute Gasteiger partial charge is 0.0314 e. The van der Waals surface area contributed by atoms with Gasteiger partial charge >= 0.3 is 0 Å². The van der Waals surface area contributed by atoms with E-state index in [2.05, 4.69) is 29.2 Å². The number of nitrogen functional groups attached to an aromatic ring is 1. The molecule has 1 unspecified atom stereocenters. The largest absolute Gasteiger partial charge is 0.399 e. The minimum atomic E-state index is 0.729. The molecule has 2 rings (SSSR count). The second kappa shape index (κ2) is 4.71. The molecular weight excluding hydrogens is 192 g/mol. The summed E-state index contributed by atoms with van der Waals surface area (Å²) < 4.78 is 0. The van der Waals surface area contributed by atoms with Crippen LogP contribution >= 0.6 is 11.8 Å². The van der Waals surface area contributed by atoms with Crippen LogP contribution in [-0.4, -0.2) is 24.1 Å². The van der Waals surface area contributed by atoms with Gasteiger partial charge in [0.25, 0.3) is 0 Å². The first-order valence-corrected chi connectivity index (χ1v) is 6.06. The van der Waals surface area contributed by atoms with Gasteiger partial charge in [-0.05, 0) is 24.1 Å². The molecule has 3 heteroatoms. The quantitative estimate of drug-likeness (QED) is 0.724. The second-order valence-electron chi connectivity index (χ2n) is 3.64. The van der Waals surface area contributed by atoms with Crippen molar-refractivity contribution in [3.8, 4) is 0 Å². The summed E-state index contributed by atoms with van der Waals surface area (Å²) in [5.74, 6) is 1.24. The SMILES string of the molecule is Nc1ccc(CC2CNCCS2)cc1. The highest BCUT2D eigenvalue weighted by molar-refractivity contribution is 8.00. The number of thioether (sulfide) groups is 1. The van der Waals surface area contributed by atoms with Gasteiger partial charge in [-0.1, -0.05) is 12.1 Å². The molecule has 0 radical (unpaired) electrons. The lowest BCUT2D eigenvalue weighted by Crippen LogP contribution is -2.33. The normalized spacial score (nSPS) is 22.1. The van der Waals surface area contributed by atoms with Crippen LogP contribution in [-0.2, 0) is 6.42 Å². The van der Waals surface area contributed by atoms with Gasteiger partial charge in [-0.2, -0.15) is 11.8 Å². The van der Waals surface area contributed by atoms with Crippen molar-refractivity contribution in [1.82, 2.24) is 5.32 Å². The highest BCUT2D eigenvalue weighted by atomic mass is 32.2. The molecule has 1 heterocycles. The molecule has 2 nitrogen and oxygen atoms in total. The Kier molecular flexibility index (Phi) is 3.32. The van der Waals surface area contributed by atoms with Gasteiger partial charge in [0.2, 0.25) is 0 Å². The highest BCUT2D eigenvalue weighted by Crippen LogP contribution is 2.18. The third kappa shape index (κ3) is 2.66. The van der Waals surface area contributed by atoms with Crippen LogP contribution < -0.4 is 11.1 Å². The molecular formula is C11H16N2S. The maximum absolute atomic E-state index is 5.64. The fraction of sp³-hybridized carbons (Fsp3) is 0.455. The van der Waals surface area contributed by atoms with E-state index in [1.54, 1.807) is 0 Å². The standard InChI is InChI=1S/C11H16N2S/c12-10-3-1-9(2-4-10)7-11-8-13-5-6-14-11/h1-4,11,13H,5-8,12H2. The Morgan fingerprint density at radius 3 is 2.79 bits per heavy atom. The molecule has 0 aliphatic carbocycles. The fourth-order valence-electron chi connectivity index (χ4n) is 1.67. The second-order valence-corrected chi connectivity index (χ2v) is 5.05. The van der Waals surface area contributed by atoms with E-state index >= 15 is 0 Å². The number of hydrogen-bond donors (Lipinski definition) is 2. The van der Waals surface area contributed by atoms with E-state index in [1.165, 1.54) is 11.3 Å². The zero-order chi connectivity index (χ0) is 9.80. The first kappa shape index (κ1) is 9.87. The van der Waals surface area contributed by atoms with E-state index in [0.29, 0.717) is 0 Å². The summed E-state index contributed by atoms with van der Waals surface area (Å²) in [5.41, 5.74) is 7.88. The van der Waals surface area contributed by atoms with Crippen molar-refractivity contribution in [1.29, 1.82) is 0 Å². The third-order valence-corrected chi connectivity index (χ3v) is 3.69. The van der Waals surface area contributed by atoms with Gasteiger partial charge in [0.1, 0.15) is 0 Å². The van der Waals surface area contributed by atoms with E-state index < -0.39 is 0 Å². The lowest BCUT2D eigenvalue weighted by molar-refractivity contribution is 0.666. The predicted molar refractivity (Wildman–Crippen MR) is 63.7 cm³/mol. The third-order valence-electron chi connectivity index (χ3n) is 2.45. The Labute approximate surface area is 89.3 Å². The van der Waals surface area contributed by atoms with Crippen LogP contribution in [0.25, 0.3) is 0 Å². The minimum Gasteiger partial charge on any atom is -0.399 e. The summed E-state index contributed by atoms with van der Waals surface area (Å²) in [6.45, 7) is 2.29. The molecule has 1 aromatic carbocycles. The zero-order valence-corrected chi connectivity index (χ0v) is 9.02. The molecule has 3 N–H and O–H groups in total. The van der Waals surface area contributed by atoms with E-state index in [9.17, 15) is 0 Å². The summed E-state index contributed by atoms with van der Waals surface area (Å²) >= 11 is 2.07. The molecule has 14 heavy (non-hydrogen) atoms. The van der Waals surface area contributed by atoms with E-state index in [1.807, 2.05) is 12.1 Å². The van der Waals surface area contributed by atoms with E-state index in [0.717, 1.165) is 30.4 Å². The van der Waals surface area contributed by atoms with Crippen molar-refractivity contribution < 1.29 is 0 Å². The van der Waals surface area contributed by atoms with Crippen LogP contribution in [0, 0.1) is 0 Å². The van der Waals surface area contributed by atoms with Crippen molar-refractivity contribution in [3.05, 3.63) is 29.8 Å². The van der Waals surface area contributed by atoms with Crippen LogP contribution in [0.5, 0.6) is 0 Å². The van der Waals surface area contributed by atoms with Gasteiger partial charge < -0.3 is 11.1 Å². The number of hydrogen-bond acceptors (Lipinski definition) is 3. The Bertz CT molecular complexity index is 278. The fourth-order valence-corrected chi connectivity index (χ4v) is 2.81. The zero-order valence-electron chi connectivity index (χ0n) is 8.20. The molecule has 0 spiro atoms. The maximum Gasteiger partial charge on any atom is 0.0314 e. The Balaban J connectivity index is 1.92. The first-order chi connectivity index (χ1) is 6.84. The van der Waals surface area contributed by atoms with Gasteiger partial charge in [0, 0.05) is 29.8 Å². The van der Waals surface area contributed by atoms with Crippen LogP contribution in [0.3, 0.4) is 0 Å². The molecule has 76 valence electrons. The summed E-state index contributed by atoms with van der Waals surface area (Å²) in [6, 6.07) is 8.22. The number of rotatable bonds is 2. The van der Waals surface area contributed by atoms with Crippen molar-refractivity contribution >= 4 is 17.4 Å². The molecule has 1 aromatic rings. The van der Waals surface area contributed by atoms with E-state index in [4.69, 9.17) is 5.73 Å². The topological polar surface area (TPSA) is 38.0 Å². The first-order valence-electron chi connectivity index (χ1n) is 5.01. The highest BCUT2D eigenvalue weighted by Gasteiger charge is 2.13. The van der Waals surface area contributed by atoms with Gasteiger partial charge in [0.15, 0.2) is 0 Å². The van der Waals surface area contributed by atoms with Crippen molar-refractivity contribution in [2.75, 3.05) is 24.6 Å². The van der Waals surface area contributed by atoms with Crippen LogP contribution in [0.15, 0.2) is 24.3 Å². The predicted octanol–water partition coefficient (Wildman–Crippen LogP) is 1.52. The molecule has 0 amide bonds. The molecule has 0 bridgehead atoms. The maximum atomic E-state index is 5.64. The van der Waals surface area contributed by atoms with Crippen LogP contribution in [0.1, 0.15) is 5.56 Å². The van der Waals surface area contributed by atoms with E-state index in [-0.39, 0.29) is 0 Å². The number of anilines is 1. The average molecular weight is 208 g/mol.